The summed E-state index contributed by atoms with van der Waals surface area (Å²) < 4.78 is 7.17. The lowest BCUT2D eigenvalue weighted by Crippen LogP contribution is -2.14. The third-order valence-corrected chi connectivity index (χ3v) is 5.87. The molecule has 6 nitrogen and oxygen atoms in total. The zero-order valence-corrected chi connectivity index (χ0v) is 17.2. The van der Waals surface area contributed by atoms with Crippen LogP contribution in [-0.4, -0.2) is 33.5 Å². The molecule has 0 saturated carbocycles. The van der Waals surface area contributed by atoms with E-state index in [0.29, 0.717) is 16.6 Å². The highest BCUT2D eigenvalue weighted by atomic mass is 32.2. The lowest BCUT2D eigenvalue weighted by molar-refractivity contribution is -0.113. The van der Waals surface area contributed by atoms with Gasteiger partial charge in [0.2, 0.25) is 5.91 Å². The first-order chi connectivity index (χ1) is 14.2. The minimum absolute atomic E-state index is 0.122. The standard InChI is InChI=1S/C21H18N4O2S2/c1-27-17-10-5-7-15(13-17)22-19(26)14-29-21-24-23-20(18-11-6-12-28-18)25(21)16-8-3-2-4-9-16/h2-13H,14H2,1H3,(H,22,26). The molecule has 0 radical (unpaired) electrons. The minimum atomic E-state index is -0.122. The van der Waals surface area contributed by atoms with Crippen LogP contribution in [0, 0.1) is 0 Å². The molecule has 0 saturated heterocycles. The van der Waals surface area contributed by atoms with Crippen LogP contribution in [-0.2, 0) is 4.79 Å². The monoisotopic (exact) mass is 422 g/mol. The number of nitrogens with zero attached hydrogens (tertiary/aromatic N) is 3. The fourth-order valence-electron chi connectivity index (χ4n) is 2.77. The normalized spacial score (nSPS) is 10.7. The van der Waals surface area contributed by atoms with Gasteiger partial charge in [-0.2, -0.15) is 0 Å². The average molecular weight is 423 g/mol. The number of hydrogen-bond donors (Lipinski definition) is 1. The number of aromatic nitrogens is 3. The second kappa shape index (κ2) is 8.93. The molecule has 4 aromatic rings. The van der Waals surface area contributed by atoms with E-state index in [1.165, 1.54) is 11.8 Å². The first kappa shape index (κ1) is 19.2. The van der Waals surface area contributed by atoms with Gasteiger partial charge in [-0.3, -0.25) is 9.36 Å². The fraction of sp³-hybridized carbons (Fsp3) is 0.0952. The molecule has 4 rings (SSSR count). The van der Waals surface area contributed by atoms with E-state index >= 15 is 0 Å². The third kappa shape index (κ3) is 4.49. The van der Waals surface area contributed by atoms with Crippen LogP contribution in [0.25, 0.3) is 16.4 Å². The second-order valence-electron chi connectivity index (χ2n) is 6.02. The number of carbonyl (C=O) groups excluding carboxylic acids is 1. The van der Waals surface area contributed by atoms with Crippen LogP contribution in [0.2, 0.25) is 0 Å². The van der Waals surface area contributed by atoms with Crippen molar-refractivity contribution in [3.05, 3.63) is 72.1 Å². The molecule has 2 heterocycles. The Kier molecular flexibility index (Phi) is 5.92. The first-order valence-corrected chi connectivity index (χ1v) is 10.7. The molecule has 1 N–H and O–H groups in total. The number of amides is 1. The summed E-state index contributed by atoms with van der Waals surface area (Å²) in [6, 6.07) is 21.2. The Morgan fingerprint density at radius 1 is 1.10 bits per heavy atom. The highest BCUT2D eigenvalue weighted by Crippen LogP contribution is 2.30. The van der Waals surface area contributed by atoms with E-state index in [2.05, 4.69) is 15.5 Å². The second-order valence-corrected chi connectivity index (χ2v) is 7.91. The molecule has 8 heteroatoms. The highest BCUT2D eigenvalue weighted by Gasteiger charge is 2.17. The summed E-state index contributed by atoms with van der Waals surface area (Å²) in [6.07, 6.45) is 0. The lowest BCUT2D eigenvalue weighted by atomic mass is 10.3. The van der Waals surface area contributed by atoms with Crippen molar-refractivity contribution in [1.29, 1.82) is 0 Å². The molecule has 146 valence electrons. The van der Waals surface area contributed by atoms with E-state index in [1.54, 1.807) is 24.5 Å². The Morgan fingerprint density at radius 2 is 1.97 bits per heavy atom. The van der Waals surface area contributed by atoms with Crippen LogP contribution < -0.4 is 10.1 Å². The number of ether oxygens (including phenoxy) is 1. The maximum atomic E-state index is 12.4. The summed E-state index contributed by atoms with van der Waals surface area (Å²) in [4.78, 5) is 13.5. The van der Waals surface area contributed by atoms with Crippen LogP contribution in [0.4, 0.5) is 5.69 Å². The predicted molar refractivity (Wildman–Crippen MR) is 117 cm³/mol. The molecular weight excluding hydrogens is 404 g/mol. The Labute approximate surface area is 176 Å². The highest BCUT2D eigenvalue weighted by molar-refractivity contribution is 7.99. The third-order valence-electron chi connectivity index (χ3n) is 4.08. The average Bonchev–Trinajstić information content (AvgIpc) is 3.42. The Hall–Kier alpha value is -3.10. The summed E-state index contributed by atoms with van der Waals surface area (Å²) >= 11 is 2.95. The largest absolute Gasteiger partial charge is 0.497 e. The van der Waals surface area contributed by atoms with Crippen molar-refractivity contribution < 1.29 is 9.53 Å². The summed E-state index contributed by atoms with van der Waals surface area (Å²) in [5.41, 5.74) is 1.65. The molecule has 0 aliphatic carbocycles. The van der Waals surface area contributed by atoms with E-state index in [9.17, 15) is 4.79 Å². The van der Waals surface area contributed by atoms with Gasteiger partial charge in [0.15, 0.2) is 11.0 Å². The van der Waals surface area contributed by atoms with Gasteiger partial charge in [-0.15, -0.1) is 21.5 Å². The number of rotatable bonds is 7. The number of para-hydroxylation sites is 1. The fourth-order valence-corrected chi connectivity index (χ4v) is 4.22. The molecule has 0 aliphatic heterocycles. The molecule has 0 unspecified atom stereocenters. The van der Waals surface area contributed by atoms with E-state index in [4.69, 9.17) is 4.74 Å². The number of anilines is 1. The van der Waals surface area contributed by atoms with Gasteiger partial charge in [0.05, 0.1) is 17.7 Å². The van der Waals surface area contributed by atoms with Crippen LogP contribution in [0.15, 0.2) is 77.3 Å². The van der Waals surface area contributed by atoms with Crippen molar-refractivity contribution in [2.75, 3.05) is 18.2 Å². The lowest BCUT2D eigenvalue weighted by Gasteiger charge is -2.10. The molecule has 2 aromatic carbocycles. The number of benzene rings is 2. The van der Waals surface area contributed by atoms with Crippen LogP contribution in [0.1, 0.15) is 0 Å². The zero-order valence-electron chi connectivity index (χ0n) is 15.6. The SMILES string of the molecule is COc1cccc(NC(=O)CSc2nnc(-c3cccs3)n2-c2ccccc2)c1. The van der Waals surface area contributed by atoms with Gasteiger partial charge in [-0.05, 0) is 35.7 Å². The van der Waals surface area contributed by atoms with E-state index in [1.807, 2.05) is 70.6 Å². The number of methoxy groups -OCH3 is 1. The van der Waals surface area contributed by atoms with Crippen LogP contribution in [0.5, 0.6) is 5.75 Å². The van der Waals surface area contributed by atoms with Crippen molar-refractivity contribution in [3.8, 4) is 22.1 Å². The summed E-state index contributed by atoms with van der Waals surface area (Å²) in [6.45, 7) is 0. The topological polar surface area (TPSA) is 69.0 Å². The van der Waals surface area contributed by atoms with E-state index < -0.39 is 0 Å². The number of hydrogen-bond acceptors (Lipinski definition) is 6. The molecule has 1 amide bonds. The van der Waals surface area contributed by atoms with E-state index in [-0.39, 0.29) is 11.7 Å². The molecule has 0 fully saturated rings. The Balaban J connectivity index is 1.53. The van der Waals surface area contributed by atoms with Gasteiger partial charge in [-0.1, -0.05) is 42.1 Å². The van der Waals surface area contributed by atoms with Gasteiger partial charge < -0.3 is 10.1 Å². The zero-order chi connectivity index (χ0) is 20.1. The van der Waals surface area contributed by atoms with Crippen molar-refractivity contribution in [2.45, 2.75) is 5.16 Å². The van der Waals surface area contributed by atoms with Gasteiger partial charge in [0, 0.05) is 17.4 Å². The molecule has 0 bridgehead atoms. The molecule has 0 aliphatic rings. The molecule has 0 atom stereocenters. The van der Waals surface area contributed by atoms with Crippen molar-refractivity contribution >= 4 is 34.7 Å². The smallest absolute Gasteiger partial charge is 0.234 e. The number of nitrogens with one attached hydrogen (secondary N) is 1. The van der Waals surface area contributed by atoms with Gasteiger partial charge in [-0.25, -0.2) is 0 Å². The maximum Gasteiger partial charge on any atom is 0.234 e. The van der Waals surface area contributed by atoms with Gasteiger partial charge >= 0.3 is 0 Å². The first-order valence-electron chi connectivity index (χ1n) is 8.86. The van der Waals surface area contributed by atoms with Crippen LogP contribution >= 0.6 is 23.1 Å². The summed E-state index contributed by atoms with van der Waals surface area (Å²) in [7, 11) is 1.60. The number of thioether (sulfide) groups is 1. The van der Waals surface area contributed by atoms with Crippen molar-refractivity contribution in [1.82, 2.24) is 14.8 Å². The van der Waals surface area contributed by atoms with Gasteiger partial charge in [0.1, 0.15) is 5.75 Å². The predicted octanol–water partition coefficient (Wildman–Crippen LogP) is 4.74. The minimum Gasteiger partial charge on any atom is -0.497 e. The number of thiophene rings is 1. The molecule has 29 heavy (non-hydrogen) atoms. The Morgan fingerprint density at radius 3 is 2.72 bits per heavy atom. The number of carbonyl (C=O) groups is 1. The Bertz CT molecular complexity index is 1100. The quantitative estimate of drug-likeness (QED) is 0.436. The summed E-state index contributed by atoms with van der Waals surface area (Å²) in [5, 5.41) is 14.3. The molecule has 0 spiro atoms. The van der Waals surface area contributed by atoms with Crippen molar-refractivity contribution in [2.24, 2.45) is 0 Å². The molecular formula is C21H18N4O2S2. The van der Waals surface area contributed by atoms with Crippen LogP contribution in [0.3, 0.4) is 0 Å². The molecule has 2 aromatic heterocycles. The van der Waals surface area contributed by atoms with E-state index in [0.717, 1.165) is 16.4 Å². The maximum absolute atomic E-state index is 12.4. The van der Waals surface area contributed by atoms with Gasteiger partial charge in [0.25, 0.3) is 0 Å². The summed E-state index contributed by atoms with van der Waals surface area (Å²) in [5.74, 6) is 1.55. The van der Waals surface area contributed by atoms with Crippen molar-refractivity contribution in [3.63, 3.8) is 0 Å².